The predicted molar refractivity (Wildman–Crippen MR) is 98.3 cm³/mol. The van der Waals surface area contributed by atoms with E-state index in [2.05, 4.69) is 13.8 Å². The van der Waals surface area contributed by atoms with Gasteiger partial charge in [0.15, 0.2) is 0 Å². The normalized spacial score (nSPS) is 20.3. The van der Waals surface area contributed by atoms with Gasteiger partial charge in [-0.05, 0) is 31.9 Å². The number of ether oxygens (including phenoxy) is 1. The number of hydrogen-bond acceptors (Lipinski definition) is 4. The number of rotatable bonds is 4. The van der Waals surface area contributed by atoms with Gasteiger partial charge >= 0.3 is 6.09 Å². The lowest BCUT2D eigenvalue weighted by Crippen LogP contribution is -2.49. The average molecular weight is 360 g/mol. The molecule has 1 aromatic carbocycles. The lowest BCUT2D eigenvalue weighted by Gasteiger charge is -2.37. The molecule has 1 spiro atoms. The molecular weight excluding hydrogens is 332 g/mol. The van der Waals surface area contributed by atoms with E-state index in [1.807, 2.05) is 4.90 Å². The minimum absolute atomic E-state index is 0.0460. The summed E-state index contributed by atoms with van der Waals surface area (Å²) in [5, 5.41) is 10.2. The van der Waals surface area contributed by atoms with Gasteiger partial charge in [-0.25, -0.2) is 4.79 Å². The molecular formula is C20H28N2O4. The average Bonchev–Trinajstić information content (AvgIpc) is 2.94. The molecule has 1 N–H and O–H groups in total. The molecule has 6 nitrogen and oxygen atoms in total. The van der Waals surface area contributed by atoms with Gasteiger partial charge in [0.1, 0.15) is 11.4 Å². The van der Waals surface area contributed by atoms with E-state index >= 15 is 0 Å². The van der Waals surface area contributed by atoms with E-state index in [0.717, 1.165) is 12.8 Å². The Hall–Kier alpha value is -2.24. The van der Waals surface area contributed by atoms with Crippen LogP contribution in [0.1, 0.15) is 55.5 Å². The molecule has 2 heterocycles. The first-order chi connectivity index (χ1) is 12.4. The fourth-order valence-electron chi connectivity index (χ4n) is 3.94. The van der Waals surface area contributed by atoms with Gasteiger partial charge in [0.2, 0.25) is 0 Å². The molecule has 1 aromatic rings. The summed E-state index contributed by atoms with van der Waals surface area (Å²) in [4.78, 5) is 28.6. The molecule has 0 aromatic heterocycles. The van der Waals surface area contributed by atoms with Crippen LogP contribution in [0.5, 0.6) is 5.75 Å². The molecule has 142 valence electrons. The number of nitrogens with zero attached hydrogens (tertiary/aromatic N) is 2. The van der Waals surface area contributed by atoms with Crippen LogP contribution in [-0.2, 0) is 4.74 Å². The summed E-state index contributed by atoms with van der Waals surface area (Å²) in [7, 11) is 0. The smallest absolute Gasteiger partial charge is 0.410 e. The summed E-state index contributed by atoms with van der Waals surface area (Å²) in [5.41, 5.74) is 0.544. The van der Waals surface area contributed by atoms with Crippen molar-refractivity contribution >= 4 is 12.0 Å². The Morgan fingerprint density at radius 2 is 2.04 bits per heavy atom. The van der Waals surface area contributed by atoms with E-state index in [0.29, 0.717) is 43.6 Å². The Labute approximate surface area is 154 Å². The summed E-state index contributed by atoms with van der Waals surface area (Å²) >= 11 is 0. The van der Waals surface area contributed by atoms with Gasteiger partial charge in [0.25, 0.3) is 5.91 Å². The van der Waals surface area contributed by atoms with Crippen molar-refractivity contribution in [2.75, 3.05) is 19.6 Å². The van der Waals surface area contributed by atoms with Gasteiger partial charge in [0, 0.05) is 32.0 Å². The van der Waals surface area contributed by atoms with Crippen molar-refractivity contribution in [1.82, 2.24) is 9.80 Å². The molecule has 26 heavy (non-hydrogen) atoms. The largest absolute Gasteiger partial charge is 0.507 e. The fourth-order valence-corrected chi connectivity index (χ4v) is 3.94. The van der Waals surface area contributed by atoms with Crippen LogP contribution in [-0.4, -0.2) is 58.2 Å². The first-order valence-corrected chi connectivity index (χ1v) is 9.44. The number of amides is 2. The van der Waals surface area contributed by atoms with Crippen LogP contribution in [0.2, 0.25) is 0 Å². The van der Waals surface area contributed by atoms with Crippen molar-refractivity contribution in [3.8, 4) is 5.75 Å². The molecule has 6 heteroatoms. The van der Waals surface area contributed by atoms with Crippen LogP contribution >= 0.6 is 0 Å². The second-order valence-electron chi connectivity index (χ2n) is 7.58. The molecule has 0 bridgehead atoms. The lowest BCUT2D eigenvalue weighted by molar-refractivity contribution is 0.00300. The molecule has 0 radical (unpaired) electrons. The third-order valence-electron chi connectivity index (χ3n) is 5.67. The maximum Gasteiger partial charge on any atom is 0.410 e. The van der Waals surface area contributed by atoms with E-state index in [4.69, 9.17) is 4.74 Å². The van der Waals surface area contributed by atoms with Crippen LogP contribution in [0.25, 0.3) is 0 Å². The van der Waals surface area contributed by atoms with E-state index < -0.39 is 5.60 Å². The Morgan fingerprint density at radius 3 is 2.69 bits per heavy atom. The van der Waals surface area contributed by atoms with Crippen molar-refractivity contribution in [1.29, 1.82) is 0 Å². The number of likely N-dealkylation sites (tertiary alicyclic amines) is 1. The highest BCUT2D eigenvalue weighted by molar-refractivity contribution is 5.97. The third-order valence-corrected chi connectivity index (χ3v) is 5.67. The third kappa shape index (κ3) is 3.37. The van der Waals surface area contributed by atoms with E-state index in [9.17, 15) is 14.7 Å². The van der Waals surface area contributed by atoms with Gasteiger partial charge in [-0.3, -0.25) is 4.79 Å². The fraction of sp³-hybridized carbons (Fsp3) is 0.600. The number of phenols is 1. The van der Waals surface area contributed by atoms with Crippen LogP contribution in [0.4, 0.5) is 4.79 Å². The van der Waals surface area contributed by atoms with Crippen LogP contribution in [0.3, 0.4) is 0 Å². The molecule has 0 saturated carbocycles. The molecule has 2 aliphatic heterocycles. The van der Waals surface area contributed by atoms with E-state index in [1.54, 1.807) is 30.0 Å². The van der Waals surface area contributed by atoms with Crippen molar-refractivity contribution in [2.45, 2.75) is 58.1 Å². The summed E-state index contributed by atoms with van der Waals surface area (Å²) in [6, 6.07) is 5.38. The zero-order valence-corrected chi connectivity index (χ0v) is 15.8. The first kappa shape index (κ1) is 18.5. The molecule has 0 unspecified atom stereocenters. The summed E-state index contributed by atoms with van der Waals surface area (Å²) in [6.45, 7) is 7.60. The van der Waals surface area contributed by atoms with Crippen molar-refractivity contribution in [3.63, 3.8) is 0 Å². The Balaban J connectivity index is 1.65. The standard InChI is InChI=1S/C20H28N2O4/c1-4-6-15(3)22-13-20(26-19(22)25)9-11-21(12-10-20)18(24)16-8-5-7-14(2)17(16)23/h5,7-8,15,23H,4,6,9-13H2,1-3H3/t15-/m1/s1. The summed E-state index contributed by atoms with van der Waals surface area (Å²) in [6.07, 6.45) is 3.02. The Kier molecular flexibility index (Phi) is 5.12. The molecule has 2 aliphatic rings. The monoisotopic (exact) mass is 360 g/mol. The van der Waals surface area contributed by atoms with Gasteiger partial charge < -0.3 is 19.6 Å². The van der Waals surface area contributed by atoms with E-state index in [1.165, 1.54) is 0 Å². The first-order valence-electron chi connectivity index (χ1n) is 9.44. The molecule has 2 saturated heterocycles. The van der Waals surface area contributed by atoms with Crippen molar-refractivity contribution in [2.24, 2.45) is 0 Å². The van der Waals surface area contributed by atoms with Gasteiger partial charge in [-0.1, -0.05) is 25.5 Å². The second-order valence-corrected chi connectivity index (χ2v) is 7.58. The molecule has 2 fully saturated rings. The molecule has 2 amide bonds. The molecule has 1 atom stereocenters. The maximum atomic E-state index is 12.7. The highest BCUT2D eigenvalue weighted by Gasteiger charge is 2.48. The number of piperidine rings is 1. The number of carbonyl (C=O) groups is 2. The highest BCUT2D eigenvalue weighted by atomic mass is 16.6. The number of benzene rings is 1. The quantitative estimate of drug-likeness (QED) is 0.894. The molecule has 0 aliphatic carbocycles. The van der Waals surface area contributed by atoms with Gasteiger partial charge in [-0.15, -0.1) is 0 Å². The predicted octanol–water partition coefficient (Wildman–Crippen LogP) is 3.32. The van der Waals surface area contributed by atoms with Crippen LogP contribution in [0.15, 0.2) is 18.2 Å². The van der Waals surface area contributed by atoms with Gasteiger partial charge in [0.05, 0.1) is 12.1 Å². The van der Waals surface area contributed by atoms with E-state index in [-0.39, 0.29) is 23.8 Å². The van der Waals surface area contributed by atoms with Crippen molar-refractivity contribution < 1.29 is 19.4 Å². The Morgan fingerprint density at radius 1 is 1.35 bits per heavy atom. The number of aryl methyl sites for hydroxylation is 1. The summed E-state index contributed by atoms with van der Waals surface area (Å²) in [5.74, 6) is -0.119. The minimum atomic E-state index is -0.482. The van der Waals surface area contributed by atoms with Crippen LogP contribution in [0, 0.1) is 6.92 Å². The topological polar surface area (TPSA) is 70.1 Å². The lowest BCUT2D eigenvalue weighted by atomic mass is 9.90. The number of phenolic OH excluding ortho intramolecular Hbond substituents is 1. The second kappa shape index (κ2) is 7.17. The number of carbonyl (C=O) groups excluding carboxylic acids is 2. The minimum Gasteiger partial charge on any atom is -0.507 e. The number of para-hydroxylation sites is 1. The number of aromatic hydroxyl groups is 1. The zero-order valence-electron chi connectivity index (χ0n) is 15.8. The Bertz CT molecular complexity index is 695. The molecule has 3 rings (SSSR count). The highest BCUT2D eigenvalue weighted by Crippen LogP contribution is 2.35. The van der Waals surface area contributed by atoms with Crippen molar-refractivity contribution in [3.05, 3.63) is 29.3 Å². The maximum absolute atomic E-state index is 12.7. The SMILES string of the molecule is CCC[C@@H](C)N1CC2(CCN(C(=O)c3cccc(C)c3O)CC2)OC1=O. The number of hydrogen-bond donors (Lipinski definition) is 1. The van der Waals surface area contributed by atoms with Gasteiger partial charge in [-0.2, -0.15) is 0 Å². The summed E-state index contributed by atoms with van der Waals surface area (Å²) < 4.78 is 5.75. The zero-order chi connectivity index (χ0) is 18.9. The van der Waals surface area contributed by atoms with Crippen LogP contribution < -0.4 is 0 Å².